The first kappa shape index (κ1) is 23.9. The van der Waals surface area contributed by atoms with E-state index in [2.05, 4.69) is 40.1 Å². The molecule has 1 aromatic heterocycles. The molecular weight excluding hydrogens is 452 g/mol. The molecule has 8 heteroatoms. The van der Waals surface area contributed by atoms with Gasteiger partial charge >= 0.3 is 0 Å². The number of carbonyl (C=O) groups excluding carboxylic acids is 1. The lowest BCUT2D eigenvalue weighted by Gasteiger charge is -2.43. The number of halogens is 1. The van der Waals surface area contributed by atoms with Crippen LogP contribution in [0.25, 0.3) is 10.8 Å². The van der Waals surface area contributed by atoms with E-state index in [1.807, 2.05) is 12.1 Å². The summed E-state index contributed by atoms with van der Waals surface area (Å²) in [5.41, 5.74) is 0.853. The highest BCUT2D eigenvalue weighted by Crippen LogP contribution is 2.38. The van der Waals surface area contributed by atoms with Crippen LogP contribution in [0.15, 0.2) is 24.4 Å². The molecule has 2 unspecified atom stereocenters. The van der Waals surface area contributed by atoms with Crippen molar-refractivity contribution in [1.29, 1.82) is 0 Å². The van der Waals surface area contributed by atoms with Crippen molar-refractivity contribution in [2.75, 3.05) is 51.8 Å². The van der Waals surface area contributed by atoms with E-state index in [4.69, 9.17) is 16.3 Å². The average Bonchev–Trinajstić information content (AvgIpc) is 3.18. The predicted molar refractivity (Wildman–Crippen MR) is 134 cm³/mol. The Morgan fingerprint density at radius 3 is 2.56 bits per heavy atom. The first-order valence-electron chi connectivity index (χ1n) is 12.4. The molecule has 2 atom stereocenters. The minimum Gasteiger partial charge on any atom is -0.389 e. The lowest BCUT2D eigenvalue weighted by atomic mass is 9.85. The normalized spacial score (nSPS) is 27.9. The number of benzene rings is 1. The molecule has 34 heavy (non-hydrogen) atoms. The van der Waals surface area contributed by atoms with Crippen molar-refractivity contribution >= 4 is 34.1 Å². The summed E-state index contributed by atoms with van der Waals surface area (Å²) in [6.07, 6.45) is 5.09. The second-order valence-corrected chi connectivity index (χ2v) is 10.9. The van der Waals surface area contributed by atoms with E-state index in [9.17, 15) is 9.90 Å². The molecule has 2 aromatic rings. The van der Waals surface area contributed by atoms with Crippen molar-refractivity contribution in [2.24, 2.45) is 5.92 Å². The molecule has 4 heterocycles. The third-order valence-corrected chi connectivity index (χ3v) is 8.55. The molecule has 3 fully saturated rings. The number of pyridine rings is 1. The molecule has 0 saturated carbocycles. The fraction of sp³-hybridized carbons (Fsp3) is 0.615. The Morgan fingerprint density at radius 2 is 1.88 bits per heavy atom. The molecule has 1 amide bonds. The monoisotopic (exact) mass is 486 g/mol. The number of ether oxygens (including phenoxy) is 1. The maximum atomic E-state index is 12.7. The van der Waals surface area contributed by atoms with Gasteiger partial charge in [-0.3, -0.25) is 9.69 Å². The van der Waals surface area contributed by atoms with E-state index in [1.54, 1.807) is 6.20 Å². The number of likely N-dealkylation sites (tertiary alicyclic amines) is 2. The summed E-state index contributed by atoms with van der Waals surface area (Å²) in [6.45, 7) is 6.81. The number of hydrogen-bond acceptors (Lipinski definition) is 6. The number of piperidine rings is 2. The summed E-state index contributed by atoms with van der Waals surface area (Å²) in [6, 6.07) is 6.12. The van der Waals surface area contributed by atoms with E-state index >= 15 is 0 Å². The second-order valence-electron chi connectivity index (χ2n) is 10.5. The zero-order chi connectivity index (χ0) is 23.9. The van der Waals surface area contributed by atoms with Crippen LogP contribution in [0.4, 0.5) is 5.82 Å². The summed E-state index contributed by atoms with van der Waals surface area (Å²) in [5, 5.41) is 16.2. The van der Waals surface area contributed by atoms with Gasteiger partial charge in [0, 0.05) is 22.5 Å². The van der Waals surface area contributed by atoms with Crippen molar-refractivity contribution in [3.8, 4) is 0 Å². The van der Waals surface area contributed by atoms with Gasteiger partial charge in [-0.1, -0.05) is 11.6 Å². The summed E-state index contributed by atoms with van der Waals surface area (Å²) in [5.74, 6) is 1.07. The van der Waals surface area contributed by atoms with Crippen LogP contribution in [0.1, 0.15) is 44.1 Å². The number of aromatic nitrogens is 1. The largest absolute Gasteiger partial charge is 0.389 e. The molecule has 3 aliphatic rings. The van der Waals surface area contributed by atoms with E-state index in [-0.39, 0.29) is 17.4 Å². The smallest absolute Gasteiger partial charge is 0.228 e. The fourth-order valence-corrected chi connectivity index (χ4v) is 6.05. The Labute approximate surface area is 206 Å². The molecule has 0 aliphatic carbocycles. The molecule has 0 bridgehead atoms. The first-order chi connectivity index (χ1) is 16.3. The molecule has 0 spiro atoms. The molecule has 184 valence electrons. The lowest BCUT2D eigenvalue weighted by molar-refractivity contribution is -0.121. The topological polar surface area (TPSA) is 77.9 Å². The number of rotatable bonds is 4. The molecule has 0 radical (unpaired) electrons. The molecule has 2 N–H and O–H groups in total. The van der Waals surface area contributed by atoms with Crippen LogP contribution >= 0.6 is 11.6 Å². The van der Waals surface area contributed by atoms with Crippen LogP contribution in [-0.4, -0.2) is 83.9 Å². The average molecular weight is 487 g/mol. The van der Waals surface area contributed by atoms with Gasteiger partial charge in [-0.05, 0) is 101 Å². The van der Waals surface area contributed by atoms with Crippen LogP contribution in [0.2, 0.25) is 5.02 Å². The number of aliphatic hydroxyl groups is 1. The van der Waals surface area contributed by atoms with Gasteiger partial charge in [-0.25, -0.2) is 4.98 Å². The zero-order valence-electron chi connectivity index (χ0n) is 20.1. The van der Waals surface area contributed by atoms with E-state index in [0.29, 0.717) is 24.9 Å². The minimum absolute atomic E-state index is 0.0466. The summed E-state index contributed by atoms with van der Waals surface area (Å²) < 4.78 is 5.54. The number of aliphatic hydroxyl groups excluding tert-OH is 1. The van der Waals surface area contributed by atoms with Crippen LogP contribution in [0, 0.1) is 5.92 Å². The quantitative estimate of drug-likeness (QED) is 0.688. The SMILES string of the molecule is CN1CCC(C(=O)Nc2cc3cc(C4CCN(C5(C)COCC5O)CC4)c(Cl)cc3cn2)CC1. The van der Waals surface area contributed by atoms with Crippen molar-refractivity contribution in [3.05, 3.63) is 35.0 Å². The van der Waals surface area contributed by atoms with E-state index < -0.39 is 6.10 Å². The number of carbonyl (C=O) groups is 1. The number of amides is 1. The highest BCUT2D eigenvalue weighted by Gasteiger charge is 2.45. The Kier molecular flexibility index (Phi) is 6.84. The Bertz CT molecular complexity index is 1050. The van der Waals surface area contributed by atoms with Gasteiger partial charge in [0.25, 0.3) is 0 Å². The second kappa shape index (κ2) is 9.70. The highest BCUT2D eigenvalue weighted by molar-refractivity contribution is 6.32. The first-order valence-corrected chi connectivity index (χ1v) is 12.8. The van der Waals surface area contributed by atoms with E-state index in [1.165, 1.54) is 0 Å². The molecule has 3 saturated heterocycles. The Hall–Kier alpha value is -1.77. The van der Waals surface area contributed by atoms with Gasteiger partial charge in [0.15, 0.2) is 0 Å². The molecule has 1 aromatic carbocycles. The number of nitrogens with one attached hydrogen (secondary N) is 1. The highest BCUT2D eigenvalue weighted by atomic mass is 35.5. The van der Waals surface area contributed by atoms with Crippen LogP contribution < -0.4 is 5.32 Å². The summed E-state index contributed by atoms with van der Waals surface area (Å²) >= 11 is 6.71. The van der Waals surface area contributed by atoms with Crippen molar-refractivity contribution in [2.45, 2.75) is 50.2 Å². The van der Waals surface area contributed by atoms with Crippen LogP contribution in [-0.2, 0) is 9.53 Å². The van der Waals surface area contributed by atoms with Gasteiger partial charge in [0.2, 0.25) is 5.91 Å². The maximum absolute atomic E-state index is 12.7. The van der Waals surface area contributed by atoms with Crippen LogP contribution in [0.3, 0.4) is 0 Å². The fourth-order valence-electron chi connectivity index (χ4n) is 5.72. The van der Waals surface area contributed by atoms with Crippen molar-refractivity contribution in [1.82, 2.24) is 14.8 Å². The molecule has 5 rings (SSSR count). The van der Waals surface area contributed by atoms with Gasteiger partial charge in [0.1, 0.15) is 5.82 Å². The van der Waals surface area contributed by atoms with Crippen molar-refractivity contribution in [3.63, 3.8) is 0 Å². The molecule has 3 aliphatic heterocycles. The third kappa shape index (κ3) is 4.69. The molecular formula is C26H35ClN4O3. The van der Waals surface area contributed by atoms with Gasteiger partial charge in [-0.2, -0.15) is 0 Å². The van der Waals surface area contributed by atoms with Gasteiger partial charge < -0.3 is 20.1 Å². The standard InChI is InChI=1S/C26H35ClN4O3/c1-26(16-34-15-23(26)32)31-9-5-17(6-10-31)21-11-19-13-24(28-14-20(19)12-22(21)27)29-25(33)18-3-7-30(2)8-4-18/h11-14,17-18,23,32H,3-10,15-16H2,1-2H3,(H,28,29,33). The maximum Gasteiger partial charge on any atom is 0.228 e. The summed E-state index contributed by atoms with van der Waals surface area (Å²) in [7, 11) is 2.10. The number of anilines is 1. The summed E-state index contributed by atoms with van der Waals surface area (Å²) in [4.78, 5) is 21.8. The number of hydrogen-bond donors (Lipinski definition) is 2. The molecule has 7 nitrogen and oxygen atoms in total. The number of fused-ring (bicyclic) bond motifs is 1. The number of nitrogens with zero attached hydrogens (tertiary/aromatic N) is 3. The Balaban J connectivity index is 1.29. The van der Waals surface area contributed by atoms with Gasteiger partial charge in [0.05, 0.1) is 24.9 Å². The van der Waals surface area contributed by atoms with Crippen molar-refractivity contribution < 1.29 is 14.6 Å². The minimum atomic E-state index is -0.441. The van der Waals surface area contributed by atoms with Crippen LogP contribution in [0.5, 0.6) is 0 Å². The predicted octanol–water partition coefficient (Wildman–Crippen LogP) is 3.50. The zero-order valence-corrected chi connectivity index (χ0v) is 20.9. The third-order valence-electron chi connectivity index (χ3n) is 8.22. The Morgan fingerprint density at radius 1 is 1.15 bits per heavy atom. The van der Waals surface area contributed by atoms with E-state index in [0.717, 1.165) is 73.2 Å². The van der Waals surface area contributed by atoms with Gasteiger partial charge in [-0.15, -0.1) is 0 Å². The lowest BCUT2D eigenvalue weighted by Crippen LogP contribution is -2.56.